The third-order valence-corrected chi connectivity index (χ3v) is 2.07. The molecule has 1 saturated heterocycles. The van der Waals surface area contributed by atoms with E-state index in [0.717, 1.165) is 19.4 Å². The largest absolute Gasteiger partial charge is 0.346 e. The minimum Gasteiger partial charge on any atom is -0.346 e. The summed E-state index contributed by atoms with van der Waals surface area (Å²) in [5.74, 6) is 0. The Hall–Kier alpha value is -0.900. The molecular formula is C7H12N2O2. The van der Waals surface area contributed by atoms with Crippen LogP contribution in [-0.4, -0.2) is 31.3 Å². The van der Waals surface area contributed by atoms with E-state index in [1.807, 2.05) is 0 Å². The first-order chi connectivity index (χ1) is 5.33. The number of piperidine rings is 1. The molecule has 1 aliphatic heterocycles. The van der Waals surface area contributed by atoms with Crippen molar-refractivity contribution in [2.75, 3.05) is 13.1 Å². The summed E-state index contributed by atoms with van der Waals surface area (Å²) >= 11 is 0. The fourth-order valence-electron chi connectivity index (χ4n) is 1.29. The predicted molar refractivity (Wildman–Crippen MR) is 40.1 cm³/mol. The average Bonchev–Trinajstić information content (AvgIpc) is 2.07. The van der Waals surface area contributed by atoms with Crippen LogP contribution in [-0.2, 0) is 9.59 Å². The Kier molecular flexibility index (Phi) is 2.59. The molecule has 11 heavy (non-hydrogen) atoms. The molecule has 62 valence electrons. The Morgan fingerprint density at radius 2 is 1.91 bits per heavy atom. The molecule has 1 fully saturated rings. The number of nitrogens with one attached hydrogen (secondary N) is 2. The Balaban J connectivity index is 2.56. The quantitative estimate of drug-likeness (QED) is 0.518. The SMILES string of the molecule is O=CNC1(C=O)CCNCC1. The molecule has 4 heteroatoms. The lowest BCUT2D eigenvalue weighted by Crippen LogP contribution is -2.53. The first kappa shape index (κ1) is 8.20. The van der Waals surface area contributed by atoms with Crippen molar-refractivity contribution in [3.05, 3.63) is 0 Å². The van der Waals surface area contributed by atoms with Gasteiger partial charge in [-0.05, 0) is 25.9 Å². The standard InChI is InChI=1S/C7H12N2O2/c10-5-7(9-6-11)1-3-8-4-2-7/h5-6,8H,1-4H2,(H,9,11). The molecule has 2 N–H and O–H groups in total. The van der Waals surface area contributed by atoms with Crippen molar-refractivity contribution >= 4 is 12.7 Å². The van der Waals surface area contributed by atoms with E-state index in [1.54, 1.807) is 0 Å². The van der Waals surface area contributed by atoms with Crippen LogP contribution in [0.1, 0.15) is 12.8 Å². The maximum absolute atomic E-state index is 10.6. The van der Waals surface area contributed by atoms with Gasteiger partial charge in [0.15, 0.2) is 0 Å². The topological polar surface area (TPSA) is 58.2 Å². The normalized spacial score (nSPS) is 22.2. The lowest BCUT2D eigenvalue weighted by molar-refractivity contribution is -0.120. The van der Waals surface area contributed by atoms with Gasteiger partial charge < -0.3 is 15.4 Å². The van der Waals surface area contributed by atoms with Gasteiger partial charge in [-0.1, -0.05) is 0 Å². The summed E-state index contributed by atoms with van der Waals surface area (Å²) in [4.78, 5) is 20.8. The van der Waals surface area contributed by atoms with Crippen molar-refractivity contribution in [2.45, 2.75) is 18.4 Å². The predicted octanol–water partition coefficient (Wildman–Crippen LogP) is -0.947. The van der Waals surface area contributed by atoms with Crippen LogP contribution in [0.15, 0.2) is 0 Å². The fraction of sp³-hybridized carbons (Fsp3) is 0.714. The highest BCUT2D eigenvalue weighted by Crippen LogP contribution is 2.13. The van der Waals surface area contributed by atoms with E-state index in [1.165, 1.54) is 0 Å². The zero-order valence-corrected chi connectivity index (χ0v) is 6.30. The molecule has 1 rings (SSSR count). The molecule has 1 aliphatic rings. The fourth-order valence-corrected chi connectivity index (χ4v) is 1.29. The molecule has 0 radical (unpaired) electrons. The highest BCUT2D eigenvalue weighted by atomic mass is 16.1. The van der Waals surface area contributed by atoms with Gasteiger partial charge in [-0.15, -0.1) is 0 Å². The minimum absolute atomic E-state index is 0.590. The number of carbonyl (C=O) groups is 2. The molecule has 4 nitrogen and oxygen atoms in total. The second kappa shape index (κ2) is 3.48. The van der Waals surface area contributed by atoms with Crippen LogP contribution in [0.25, 0.3) is 0 Å². The van der Waals surface area contributed by atoms with E-state index in [-0.39, 0.29) is 0 Å². The Bertz CT molecular complexity index is 153. The van der Waals surface area contributed by atoms with Crippen molar-refractivity contribution in [3.63, 3.8) is 0 Å². The summed E-state index contributed by atoms with van der Waals surface area (Å²) < 4.78 is 0. The van der Waals surface area contributed by atoms with Crippen LogP contribution in [0.4, 0.5) is 0 Å². The molecule has 0 unspecified atom stereocenters. The van der Waals surface area contributed by atoms with Crippen LogP contribution in [0.2, 0.25) is 0 Å². The van der Waals surface area contributed by atoms with Crippen molar-refractivity contribution < 1.29 is 9.59 Å². The highest BCUT2D eigenvalue weighted by Gasteiger charge is 2.30. The van der Waals surface area contributed by atoms with Crippen molar-refractivity contribution in [1.82, 2.24) is 10.6 Å². The lowest BCUT2D eigenvalue weighted by Gasteiger charge is -2.31. The summed E-state index contributed by atoms with van der Waals surface area (Å²) in [6, 6.07) is 0. The number of hydrogen-bond donors (Lipinski definition) is 2. The number of amides is 1. The second-order valence-corrected chi connectivity index (χ2v) is 2.79. The van der Waals surface area contributed by atoms with E-state index in [2.05, 4.69) is 10.6 Å². The van der Waals surface area contributed by atoms with Gasteiger partial charge in [-0.2, -0.15) is 0 Å². The van der Waals surface area contributed by atoms with Crippen molar-refractivity contribution in [3.8, 4) is 0 Å². The van der Waals surface area contributed by atoms with Gasteiger partial charge in [0.25, 0.3) is 0 Å². The summed E-state index contributed by atoms with van der Waals surface area (Å²) in [6.07, 6.45) is 2.81. The van der Waals surface area contributed by atoms with Gasteiger partial charge in [0.2, 0.25) is 6.41 Å². The molecule has 1 amide bonds. The molecule has 1 heterocycles. The molecule has 0 saturated carbocycles. The van der Waals surface area contributed by atoms with Gasteiger partial charge in [-0.3, -0.25) is 4.79 Å². The van der Waals surface area contributed by atoms with Gasteiger partial charge in [0.1, 0.15) is 6.29 Å². The van der Waals surface area contributed by atoms with Gasteiger partial charge >= 0.3 is 0 Å². The smallest absolute Gasteiger partial charge is 0.207 e. The summed E-state index contributed by atoms with van der Waals surface area (Å²) in [5, 5.41) is 5.68. The zero-order valence-electron chi connectivity index (χ0n) is 6.30. The van der Waals surface area contributed by atoms with Crippen molar-refractivity contribution in [2.24, 2.45) is 0 Å². The Morgan fingerprint density at radius 1 is 1.27 bits per heavy atom. The molecular weight excluding hydrogens is 144 g/mol. The van der Waals surface area contributed by atoms with E-state index in [0.29, 0.717) is 19.3 Å². The van der Waals surface area contributed by atoms with Crippen LogP contribution < -0.4 is 10.6 Å². The molecule has 0 spiro atoms. The molecule has 0 aliphatic carbocycles. The summed E-state index contributed by atoms with van der Waals surface area (Å²) in [5.41, 5.74) is -0.590. The first-order valence-corrected chi connectivity index (χ1v) is 3.71. The van der Waals surface area contributed by atoms with E-state index >= 15 is 0 Å². The monoisotopic (exact) mass is 156 g/mol. The van der Waals surface area contributed by atoms with Crippen LogP contribution in [0, 0.1) is 0 Å². The van der Waals surface area contributed by atoms with Crippen LogP contribution in [0.5, 0.6) is 0 Å². The molecule has 0 bridgehead atoms. The Morgan fingerprint density at radius 3 is 2.36 bits per heavy atom. The van der Waals surface area contributed by atoms with Gasteiger partial charge in [0, 0.05) is 0 Å². The Labute approximate surface area is 65.3 Å². The maximum Gasteiger partial charge on any atom is 0.207 e. The molecule has 0 aromatic heterocycles. The van der Waals surface area contributed by atoms with E-state index in [9.17, 15) is 9.59 Å². The highest BCUT2D eigenvalue weighted by molar-refractivity contribution is 5.69. The van der Waals surface area contributed by atoms with E-state index in [4.69, 9.17) is 0 Å². The van der Waals surface area contributed by atoms with Crippen molar-refractivity contribution in [1.29, 1.82) is 0 Å². The second-order valence-electron chi connectivity index (χ2n) is 2.79. The maximum atomic E-state index is 10.6. The van der Waals surface area contributed by atoms with Crippen LogP contribution in [0.3, 0.4) is 0 Å². The third kappa shape index (κ3) is 1.77. The van der Waals surface area contributed by atoms with Crippen LogP contribution >= 0.6 is 0 Å². The number of aldehydes is 1. The first-order valence-electron chi connectivity index (χ1n) is 3.71. The molecule has 0 aromatic carbocycles. The number of carbonyl (C=O) groups excluding carboxylic acids is 2. The van der Waals surface area contributed by atoms with Gasteiger partial charge in [0.05, 0.1) is 5.54 Å². The summed E-state index contributed by atoms with van der Waals surface area (Å²) in [7, 11) is 0. The number of hydrogen-bond acceptors (Lipinski definition) is 3. The summed E-state index contributed by atoms with van der Waals surface area (Å²) in [6.45, 7) is 1.58. The van der Waals surface area contributed by atoms with E-state index < -0.39 is 5.54 Å². The third-order valence-electron chi connectivity index (χ3n) is 2.07. The number of rotatable bonds is 3. The lowest BCUT2D eigenvalue weighted by atomic mass is 9.90. The zero-order chi connectivity index (χ0) is 8.16. The van der Waals surface area contributed by atoms with Gasteiger partial charge in [-0.25, -0.2) is 0 Å². The molecule has 0 atom stereocenters. The average molecular weight is 156 g/mol. The molecule has 0 aromatic rings. The minimum atomic E-state index is -0.590.